The van der Waals surface area contributed by atoms with Gasteiger partial charge >= 0.3 is 0 Å². The minimum Gasteiger partial charge on any atom is -0.211 e. The Labute approximate surface area is 113 Å². The lowest BCUT2D eigenvalue weighted by Crippen LogP contribution is -1.73. The van der Waals surface area contributed by atoms with Gasteiger partial charge in [0.25, 0.3) is 0 Å². The first-order chi connectivity index (χ1) is 9.31. The highest BCUT2D eigenvalue weighted by Gasteiger charge is 1.99. The van der Waals surface area contributed by atoms with Gasteiger partial charge in [-0.15, -0.1) is 0 Å². The molecule has 0 fully saturated rings. The number of carbonyl (C=O) groups excluding carboxylic acids is 2. The fraction of sp³-hybridized carbons (Fsp3) is 0. The fourth-order valence-electron chi connectivity index (χ4n) is 1.45. The number of nitrogens with zero attached hydrogens (tertiary/aromatic N) is 2. The van der Waals surface area contributed by atoms with Crippen molar-refractivity contribution in [3.63, 3.8) is 0 Å². The molecule has 0 spiro atoms. The molecule has 0 amide bonds. The maximum absolute atomic E-state index is 10.2. The van der Waals surface area contributed by atoms with Crippen LogP contribution in [-0.2, 0) is 9.59 Å². The van der Waals surface area contributed by atoms with Crippen LogP contribution in [0, 0.1) is 0 Å². The minimum atomic E-state index is 0.568. The molecule has 2 aromatic carbocycles. The number of aliphatic imine (C=N–C) groups is 2. The van der Waals surface area contributed by atoms with Gasteiger partial charge in [-0.05, 0) is 42.5 Å². The fourth-order valence-corrected chi connectivity index (χ4v) is 2.32. The number of benzene rings is 2. The summed E-state index contributed by atoms with van der Waals surface area (Å²) >= 11 is 1.52. The lowest BCUT2D eigenvalue weighted by Gasteiger charge is -2.02. The molecule has 0 N–H and O–H groups in total. The topological polar surface area (TPSA) is 58.9 Å². The highest BCUT2D eigenvalue weighted by atomic mass is 32.2. The van der Waals surface area contributed by atoms with Crippen molar-refractivity contribution in [1.82, 2.24) is 0 Å². The van der Waals surface area contributed by atoms with Crippen LogP contribution in [0.1, 0.15) is 0 Å². The summed E-state index contributed by atoms with van der Waals surface area (Å²) in [4.78, 5) is 29.4. The third kappa shape index (κ3) is 3.76. The van der Waals surface area contributed by atoms with Crippen molar-refractivity contribution in [3.05, 3.63) is 48.5 Å². The lowest BCUT2D eigenvalue weighted by atomic mass is 10.3. The van der Waals surface area contributed by atoms with E-state index in [9.17, 15) is 9.59 Å². The molecule has 5 heteroatoms. The quantitative estimate of drug-likeness (QED) is 0.626. The molecular weight excluding hydrogens is 260 g/mol. The van der Waals surface area contributed by atoms with Crippen LogP contribution in [0.4, 0.5) is 11.4 Å². The molecule has 0 atom stereocenters. The Hall–Kier alpha value is -2.45. The molecule has 2 rings (SSSR count). The average molecular weight is 268 g/mol. The van der Waals surface area contributed by atoms with E-state index in [0.29, 0.717) is 11.4 Å². The summed E-state index contributed by atoms with van der Waals surface area (Å²) in [5.41, 5.74) is 1.14. The van der Waals surface area contributed by atoms with Crippen molar-refractivity contribution >= 4 is 35.3 Å². The van der Waals surface area contributed by atoms with E-state index in [2.05, 4.69) is 9.98 Å². The van der Waals surface area contributed by atoms with Crippen molar-refractivity contribution in [2.45, 2.75) is 9.79 Å². The van der Waals surface area contributed by atoms with Gasteiger partial charge in [-0.2, -0.15) is 9.98 Å². The standard InChI is InChI=1S/C14H8N2O2S/c17-9-15-11-4-6-13(7-5-11)19-14-3-1-2-12(8-14)16-10-18/h1-8H. The van der Waals surface area contributed by atoms with E-state index in [4.69, 9.17) is 0 Å². The molecule has 0 saturated carbocycles. The maximum atomic E-state index is 10.2. The van der Waals surface area contributed by atoms with Gasteiger partial charge in [-0.25, -0.2) is 9.59 Å². The predicted molar refractivity (Wildman–Crippen MR) is 72.6 cm³/mol. The summed E-state index contributed by atoms with van der Waals surface area (Å²) < 4.78 is 0. The molecule has 0 aliphatic carbocycles. The zero-order valence-electron chi connectivity index (χ0n) is 9.74. The molecule has 0 aliphatic heterocycles. The molecule has 19 heavy (non-hydrogen) atoms. The zero-order chi connectivity index (χ0) is 13.5. The van der Waals surface area contributed by atoms with E-state index in [1.54, 1.807) is 24.3 Å². The van der Waals surface area contributed by atoms with Crippen LogP contribution in [0.15, 0.2) is 68.3 Å². The third-order valence-electron chi connectivity index (χ3n) is 2.24. The number of rotatable bonds is 4. The van der Waals surface area contributed by atoms with Crippen molar-refractivity contribution < 1.29 is 9.59 Å². The van der Waals surface area contributed by atoms with Crippen LogP contribution >= 0.6 is 11.8 Å². The van der Waals surface area contributed by atoms with Crippen molar-refractivity contribution in [3.8, 4) is 0 Å². The molecule has 4 nitrogen and oxygen atoms in total. The van der Waals surface area contributed by atoms with Crippen LogP contribution in [0.25, 0.3) is 0 Å². The zero-order valence-corrected chi connectivity index (χ0v) is 10.6. The third-order valence-corrected chi connectivity index (χ3v) is 3.24. The van der Waals surface area contributed by atoms with Gasteiger partial charge in [0.2, 0.25) is 12.2 Å². The van der Waals surface area contributed by atoms with E-state index in [1.165, 1.54) is 23.9 Å². The summed E-state index contributed by atoms with van der Waals surface area (Å²) in [6, 6.07) is 14.5. The normalized spacial score (nSPS) is 9.26. The molecule has 2 aromatic rings. The first-order valence-electron chi connectivity index (χ1n) is 5.35. The second-order valence-corrected chi connectivity index (χ2v) is 4.65. The number of hydrogen-bond donors (Lipinski definition) is 0. The van der Waals surface area contributed by atoms with Crippen molar-refractivity contribution in [1.29, 1.82) is 0 Å². The van der Waals surface area contributed by atoms with Crippen LogP contribution in [0.3, 0.4) is 0 Å². The van der Waals surface area contributed by atoms with E-state index >= 15 is 0 Å². The van der Waals surface area contributed by atoms with Gasteiger partial charge in [-0.1, -0.05) is 17.8 Å². The average Bonchev–Trinajstić information content (AvgIpc) is 2.42. The Morgan fingerprint density at radius 2 is 1.47 bits per heavy atom. The van der Waals surface area contributed by atoms with Gasteiger partial charge in [0.1, 0.15) is 0 Å². The van der Waals surface area contributed by atoms with Gasteiger partial charge in [-0.3, -0.25) is 0 Å². The van der Waals surface area contributed by atoms with E-state index in [-0.39, 0.29) is 0 Å². The monoisotopic (exact) mass is 268 g/mol. The van der Waals surface area contributed by atoms with Gasteiger partial charge in [0.15, 0.2) is 0 Å². The molecule has 0 heterocycles. The number of isocyanates is 2. The van der Waals surface area contributed by atoms with Gasteiger partial charge < -0.3 is 0 Å². The Morgan fingerprint density at radius 3 is 2.16 bits per heavy atom. The van der Waals surface area contributed by atoms with E-state index < -0.39 is 0 Å². The molecule has 0 aliphatic rings. The van der Waals surface area contributed by atoms with Crippen molar-refractivity contribution in [2.75, 3.05) is 0 Å². The first-order valence-corrected chi connectivity index (χ1v) is 6.17. The molecule has 0 saturated heterocycles. The SMILES string of the molecule is O=C=Nc1ccc(Sc2cccc(N=C=O)c2)cc1. The van der Waals surface area contributed by atoms with Crippen LogP contribution in [0.5, 0.6) is 0 Å². The van der Waals surface area contributed by atoms with Crippen molar-refractivity contribution in [2.24, 2.45) is 9.98 Å². The maximum Gasteiger partial charge on any atom is 0.240 e. The minimum absolute atomic E-state index is 0.568. The number of hydrogen-bond acceptors (Lipinski definition) is 5. The second kappa shape index (κ2) is 6.47. The van der Waals surface area contributed by atoms with Crippen LogP contribution in [0.2, 0.25) is 0 Å². The first kappa shape index (κ1) is 13.0. The molecular formula is C14H8N2O2S. The molecule has 92 valence electrons. The smallest absolute Gasteiger partial charge is 0.211 e. The van der Waals surface area contributed by atoms with Gasteiger partial charge in [0.05, 0.1) is 11.4 Å². The Kier molecular flexibility index (Phi) is 4.43. The Balaban J connectivity index is 2.18. The summed E-state index contributed by atoms with van der Waals surface area (Å²) in [5, 5.41) is 0. The molecule has 0 radical (unpaired) electrons. The molecule has 0 bridgehead atoms. The van der Waals surface area contributed by atoms with Crippen LogP contribution in [-0.4, -0.2) is 12.2 Å². The summed E-state index contributed by atoms with van der Waals surface area (Å²) in [5.74, 6) is 0. The largest absolute Gasteiger partial charge is 0.240 e. The Morgan fingerprint density at radius 1 is 0.789 bits per heavy atom. The summed E-state index contributed by atoms with van der Waals surface area (Å²) in [6.07, 6.45) is 3.01. The second-order valence-electron chi connectivity index (χ2n) is 3.50. The molecule has 0 aromatic heterocycles. The Bertz CT molecular complexity index is 670. The lowest BCUT2D eigenvalue weighted by molar-refractivity contribution is 0.564. The highest BCUT2D eigenvalue weighted by Crippen LogP contribution is 2.30. The predicted octanol–water partition coefficient (Wildman–Crippen LogP) is 3.77. The van der Waals surface area contributed by atoms with Gasteiger partial charge in [0, 0.05) is 9.79 Å². The van der Waals surface area contributed by atoms with E-state index in [1.807, 2.05) is 24.3 Å². The van der Waals surface area contributed by atoms with E-state index in [0.717, 1.165) is 9.79 Å². The van der Waals surface area contributed by atoms with Crippen LogP contribution < -0.4 is 0 Å². The highest BCUT2D eigenvalue weighted by molar-refractivity contribution is 7.99. The summed E-state index contributed by atoms with van der Waals surface area (Å²) in [7, 11) is 0. The molecule has 0 unspecified atom stereocenters. The summed E-state index contributed by atoms with van der Waals surface area (Å²) in [6.45, 7) is 0.